The third-order valence-electron chi connectivity index (χ3n) is 4.51. The van der Waals surface area contributed by atoms with Crippen molar-refractivity contribution in [1.82, 2.24) is 14.5 Å². The second-order valence-corrected chi connectivity index (χ2v) is 6.42. The Bertz CT molecular complexity index is 1190. The maximum absolute atomic E-state index is 12.7. The molecule has 2 aromatic heterocycles. The summed E-state index contributed by atoms with van der Waals surface area (Å²) in [4.78, 5) is 33.4. The van der Waals surface area contributed by atoms with Gasteiger partial charge in [0.25, 0.3) is 5.56 Å². The highest BCUT2D eigenvalue weighted by molar-refractivity contribution is 6.00. The lowest BCUT2D eigenvalue weighted by molar-refractivity contribution is 0.101. The molecule has 8 heteroatoms. The number of carbonyl (C=O) groups excluding carboxylic acids is 1. The van der Waals surface area contributed by atoms with E-state index in [1.54, 1.807) is 43.7 Å². The summed E-state index contributed by atoms with van der Waals surface area (Å²) in [6.45, 7) is 0.506. The SMILES string of the molecule is Cn1c(NCC(=O)c2ccc3c(c2)NCC#CN3)nc(-c2ccncc2)cc1=O. The van der Waals surface area contributed by atoms with Crippen LogP contribution in [-0.4, -0.2) is 33.4 Å². The van der Waals surface area contributed by atoms with E-state index in [-0.39, 0.29) is 17.9 Å². The van der Waals surface area contributed by atoms with Gasteiger partial charge in [-0.25, -0.2) is 4.98 Å². The highest BCUT2D eigenvalue weighted by Gasteiger charge is 2.13. The first-order valence-electron chi connectivity index (χ1n) is 8.99. The number of fused-ring (bicyclic) bond motifs is 1. The summed E-state index contributed by atoms with van der Waals surface area (Å²) in [6, 6.07) is 13.2. The van der Waals surface area contributed by atoms with E-state index < -0.39 is 0 Å². The third kappa shape index (κ3) is 3.94. The van der Waals surface area contributed by atoms with Gasteiger partial charge in [0, 0.05) is 42.7 Å². The van der Waals surface area contributed by atoms with Gasteiger partial charge in [0.1, 0.15) is 0 Å². The minimum absolute atomic E-state index is 0.00277. The maximum atomic E-state index is 12.7. The predicted octanol–water partition coefficient (Wildman–Crippen LogP) is 1.94. The van der Waals surface area contributed by atoms with E-state index in [1.165, 1.54) is 10.6 Å². The molecule has 1 aliphatic heterocycles. The van der Waals surface area contributed by atoms with Crippen LogP contribution in [0, 0.1) is 12.0 Å². The molecule has 0 spiro atoms. The van der Waals surface area contributed by atoms with Crippen molar-refractivity contribution in [3.63, 3.8) is 0 Å². The van der Waals surface area contributed by atoms with E-state index in [0.717, 1.165) is 16.9 Å². The van der Waals surface area contributed by atoms with Crippen molar-refractivity contribution in [1.29, 1.82) is 0 Å². The van der Waals surface area contributed by atoms with Crippen LogP contribution < -0.4 is 21.5 Å². The largest absolute Gasteiger partial charge is 0.372 e. The topological polar surface area (TPSA) is 101 Å². The first kappa shape index (κ1) is 18.3. The third-order valence-corrected chi connectivity index (χ3v) is 4.51. The van der Waals surface area contributed by atoms with E-state index in [4.69, 9.17) is 0 Å². The predicted molar refractivity (Wildman–Crippen MR) is 112 cm³/mol. The van der Waals surface area contributed by atoms with Gasteiger partial charge in [0.2, 0.25) is 5.95 Å². The number of nitrogens with zero attached hydrogens (tertiary/aromatic N) is 3. The summed E-state index contributed by atoms with van der Waals surface area (Å²) in [5, 5.41) is 9.13. The van der Waals surface area contributed by atoms with Crippen LogP contribution in [-0.2, 0) is 7.05 Å². The minimum Gasteiger partial charge on any atom is -0.372 e. The lowest BCUT2D eigenvalue weighted by Crippen LogP contribution is -2.24. The summed E-state index contributed by atoms with van der Waals surface area (Å²) >= 11 is 0. The summed E-state index contributed by atoms with van der Waals surface area (Å²) in [5.41, 5.74) is 3.25. The number of Topliss-reactive ketones (excluding diaryl/α,β-unsaturated/α-hetero) is 1. The van der Waals surface area contributed by atoms with Gasteiger partial charge in [-0.3, -0.25) is 19.1 Å². The van der Waals surface area contributed by atoms with Gasteiger partial charge in [-0.2, -0.15) is 0 Å². The fourth-order valence-electron chi connectivity index (χ4n) is 2.90. The molecular formula is C21H18N6O2. The summed E-state index contributed by atoms with van der Waals surface area (Å²) in [7, 11) is 1.61. The van der Waals surface area contributed by atoms with Crippen LogP contribution >= 0.6 is 0 Å². The van der Waals surface area contributed by atoms with Gasteiger partial charge in [-0.15, -0.1) is 0 Å². The van der Waals surface area contributed by atoms with Crippen molar-refractivity contribution in [3.8, 4) is 23.2 Å². The molecule has 4 rings (SSSR count). The van der Waals surface area contributed by atoms with Crippen molar-refractivity contribution in [2.45, 2.75) is 0 Å². The molecule has 0 radical (unpaired) electrons. The Kier molecular flexibility index (Phi) is 4.95. The van der Waals surface area contributed by atoms with Crippen LogP contribution in [0.4, 0.5) is 17.3 Å². The first-order valence-corrected chi connectivity index (χ1v) is 8.99. The van der Waals surface area contributed by atoms with Gasteiger partial charge in [0.15, 0.2) is 5.78 Å². The van der Waals surface area contributed by atoms with E-state index in [2.05, 4.69) is 37.9 Å². The van der Waals surface area contributed by atoms with Gasteiger partial charge in [-0.05, 0) is 30.3 Å². The zero-order valence-electron chi connectivity index (χ0n) is 15.7. The second-order valence-electron chi connectivity index (χ2n) is 6.42. The number of carbonyl (C=O) groups is 1. The Morgan fingerprint density at radius 1 is 1.21 bits per heavy atom. The van der Waals surface area contributed by atoms with Crippen molar-refractivity contribution in [2.24, 2.45) is 7.05 Å². The summed E-state index contributed by atoms with van der Waals surface area (Å²) < 4.78 is 1.37. The zero-order valence-corrected chi connectivity index (χ0v) is 15.7. The molecule has 0 bridgehead atoms. The number of ketones is 1. The average Bonchev–Trinajstić information content (AvgIpc) is 3.00. The molecule has 3 N–H and O–H groups in total. The number of pyridine rings is 1. The van der Waals surface area contributed by atoms with E-state index in [1.807, 2.05) is 6.07 Å². The molecule has 0 unspecified atom stereocenters. The smallest absolute Gasteiger partial charge is 0.255 e. The number of nitrogens with one attached hydrogen (secondary N) is 3. The molecule has 0 saturated heterocycles. The summed E-state index contributed by atoms with van der Waals surface area (Å²) in [5.74, 6) is 3.10. The molecule has 3 aromatic rings. The first-order chi connectivity index (χ1) is 14.1. The fraction of sp³-hybridized carbons (Fsp3) is 0.143. The van der Waals surface area contributed by atoms with E-state index in [9.17, 15) is 9.59 Å². The van der Waals surface area contributed by atoms with Crippen LogP contribution in [0.15, 0.2) is 53.6 Å². The fourth-order valence-corrected chi connectivity index (χ4v) is 2.90. The van der Waals surface area contributed by atoms with Crippen LogP contribution in [0.3, 0.4) is 0 Å². The highest BCUT2D eigenvalue weighted by atomic mass is 16.1. The Morgan fingerprint density at radius 2 is 2.03 bits per heavy atom. The molecule has 0 aliphatic carbocycles. The highest BCUT2D eigenvalue weighted by Crippen LogP contribution is 2.24. The number of rotatable bonds is 5. The molecule has 1 aromatic carbocycles. The molecule has 0 atom stereocenters. The molecule has 0 amide bonds. The number of aromatic nitrogens is 3. The van der Waals surface area contributed by atoms with Crippen molar-refractivity contribution in [2.75, 3.05) is 29.0 Å². The number of benzene rings is 1. The average molecular weight is 386 g/mol. The van der Waals surface area contributed by atoms with Gasteiger partial charge < -0.3 is 16.0 Å². The molecule has 3 heterocycles. The lowest BCUT2D eigenvalue weighted by Gasteiger charge is -2.12. The van der Waals surface area contributed by atoms with Gasteiger partial charge in [-0.1, -0.05) is 5.92 Å². The number of anilines is 3. The Labute approximate surface area is 167 Å². The molecule has 1 aliphatic rings. The van der Waals surface area contributed by atoms with E-state index >= 15 is 0 Å². The van der Waals surface area contributed by atoms with Crippen LogP contribution in [0.25, 0.3) is 11.3 Å². The normalized spacial score (nSPS) is 11.8. The minimum atomic E-state index is -0.220. The van der Waals surface area contributed by atoms with Crippen molar-refractivity contribution >= 4 is 23.1 Å². The van der Waals surface area contributed by atoms with Crippen molar-refractivity contribution < 1.29 is 4.79 Å². The van der Waals surface area contributed by atoms with E-state index in [0.29, 0.717) is 23.8 Å². The Hall–Kier alpha value is -4.12. The monoisotopic (exact) mass is 386 g/mol. The zero-order chi connectivity index (χ0) is 20.2. The molecular weight excluding hydrogens is 368 g/mol. The second kappa shape index (κ2) is 7.86. The van der Waals surface area contributed by atoms with Gasteiger partial charge >= 0.3 is 0 Å². The molecule has 0 fully saturated rings. The Morgan fingerprint density at radius 3 is 2.86 bits per heavy atom. The molecule has 0 saturated carbocycles. The molecule has 8 nitrogen and oxygen atoms in total. The van der Waals surface area contributed by atoms with Crippen LogP contribution in [0.1, 0.15) is 10.4 Å². The molecule has 29 heavy (non-hydrogen) atoms. The quantitative estimate of drug-likeness (QED) is 0.455. The Balaban J connectivity index is 1.53. The van der Waals surface area contributed by atoms with Crippen molar-refractivity contribution in [3.05, 3.63) is 64.7 Å². The van der Waals surface area contributed by atoms with Gasteiger partial charge in [0.05, 0.1) is 30.2 Å². The maximum Gasteiger partial charge on any atom is 0.255 e. The summed E-state index contributed by atoms with van der Waals surface area (Å²) in [6.07, 6.45) is 3.27. The lowest BCUT2D eigenvalue weighted by atomic mass is 10.1. The van der Waals surface area contributed by atoms with Crippen LogP contribution in [0.2, 0.25) is 0 Å². The number of hydrogen-bond acceptors (Lipinski definition) is 7. The number of hydrogen-bond donors (Lipinski definition) is 3. The molecule has 144 valence electrons. The standard InChI is InChI=1S/C21H18N6O2/c1-27-20(29)12-17(14-5-9-22-10-6-14)26-21(27)25-13-19(28)15-3-4-16-18(11-15)24-8-2-7-23-16/h3-6,9-12,23-24H,8,13H2,1H3,(H,25,26). The van der Waals surface area contributed by atoms with Crippen LogP contribution in [0.5, 0.6) is 0 Å².